The summed E-state index contributed by atoms with van der Waals surface area (Å²) in [5, 5.41) is 0. The second kappa shape index (κ2) is 2.92. The molecule has 6 heteroatoms. The van der Waals surface area contributed by atoms with Gasteiger partial charge in [0, 0.05) is 4.53 Å². The van der Waals surface area contributed by atoms with Crippen molar-refractivity contribution in [3.05, 3.63) is 0 Å². The summed E-state index contributed by atoms with van der Waals surface area (Å²) in [6.07, 6.45) is 0. The lowest BCUT2D eigenvalue weighted by Crippen LogP contribution is -2.36. The van der Waals surface area contributed by atoms with Gasteiger partial charge in [0.25, 0.3) is 0 Å². The fourth-order valence-corrected chi connectivity index (χ4v) is 0.0940. The van der Waals surface area contributed by atoms with Gasteiger partial charge >= 0.3 is 11.9 Å². The van der Waals surface area contributed by atoms with E-state index < -0.39 is 11.9 Å². The van der Waals surface area contributed by atoms with Crippen LogP contribution in [0.3, 0.4) is 0 Å². The van der Waals surface area contributed by atoms with Crippen LogP contribution in [0.4, 0.5) is 4.53 Å². The van der Waals surface area contributed by atoms with Gasteiger partial charge in [-0.3, -0.25) is 10.2 Å². The van der Waals surface area contributed by atoms with Gasteiger partial charge in [0.1, 0.15) is 0 Å². The highest BCUT2D eigenvalue weighted by atomic mass is 19.3. The fourth-order valence-electron chi connectivity index (χ4n) is 0.0940. The third-order valence-electron chi connectivity index (χ3n) is 0.387. The van der Waals surface area contributed by atoms with Crippen molar-refractivity contribution in [1.29, 1.82) is 0 Å². The summed E-state index contributed by atoms with van der Waals surface area (Å²) >= 11 is 0. The lowest BCUT2D eigenvalue weighted by Gasteiger charge is -1.88. The van der Waals surface area contributed by atoms with Crippen molar-refractivity contribution in [2.45, 2.75) is 0 Å². The fraction of sp³-hybridized carbons (Fsp3) is 0. The number of hydrogen-bond donors (Lipinski definition) is 2. The smallest absolute Gasteiger partial charge is 0.284 e. The lowest BCUT2D eigenvalue weighted by molar-refractivity contribution is -0.186. The average Bonchev–Trinajstić information content (AvgIpc) is 1.84. The van der Waals surface area contributed by atoms with E-state index in [-0.39, 0.29) is 0 Å². The molecule has 1 amide bonds. The average molecular weight is 122 g/mol. The molecule has 3 N–H and O–H groups in total. The topological polar surface area (TPSA) is 81.4 Å². The number of hydrogen-bond acceptors (Lipinski definition) is 4. The van der Waals surface area contributed by atoms with Gasteiger partial charge < -0.3 is 0 Å². The van der Waals surface area contributed by atoms with Gasteiger partial charge in [-0.15, -0.1) is 0 Å². The van der Waals surface area contributed by atoms with Crippen LogP contribution in [-0.4, -0.2) is 11.9 Å². The Hall–Kier alpha value is -1.17. The summed E-state index contributed by atoms with van der Waals surface area (Å²) in [6, 6.07) is 0. The van der Waals surface area contributed by atoms with Crippen molar-refractivity contribution in [1.82, 2.24) is 5.43 Å². The Morgan fingerprint density at radius 1 is 1.62 bits per heavy atom. The molecule has 0 heterocycles. The van der Waals surface area contributed by atoms with Gasteiger partial charge in [-0.2, -0.15) is 0 Å². The second-order valence-corrected chi connectivity index (χ2v) is 0.838. The third-order valence-corrected chi connectivity index (χ3v) is 0.387. The van der Waals surface area contributed by atoms with Gasteiger partial charge in [-0.05, 0) is 0 Å². The summed E-state index contributed by atoms with van der Waals surface area (Å²) in [5.74, 6) is 1.40. The van der Waals surface area contributed by atoms with Crippen molar-refractivity contribution < 1.29 is 19.1 Å². The van der Waals surface area contributed by atoms with Crippen LogP contribution in [0.2, 0.25) is 0 Å². The predicted octanol–water partition coefficient (Wildman–Crippen LogP) is -1.60. The number of hydrazine groups is 1. The molecule has 8 heavy (non-hydrogen) atoms. The van der Waals surface area contributed by atoms with Crippen molar-refractivity contribution in [3.63, 3.8) is 0 Å². The van der Waals surface area contributed by atoms with E-state index in [0.717, 1.165) is 0 Å². The second-order valence-electron chi connectivity index (χ2n) is 0.838. The molecule has 46 valence electrons. The van der Waals surface area contributed by atoms with Crippen LogP contribution in [-0.2, 0) is 14.5 Å². The van der Waals surface area contributed by atoms with E-state index in [1.54, 1.807) is 0 Å². The van der Waals surface area contributed by atoms with Crippen molar-refractivity contribution in [2.24, 2.45) is 5.84 Å². The van der Waals surface area contributed by atoms with E-state index in [0.29, 0.717) is 0 Å². The molecule has 0 aromatic heterocycles. The van der Waals surface area contributed by atoms with Crippen molar-refractivity contribution >= 4 is 11.9 Å². The minimum Gasteiger partial charge on any atom is -0.284 e. The molecule has 0 rings (SSSR count). The minimum atomic E-state index is -1.66. The van der Waals surface area contributed by atoms with Crippen LogP contribution in [0.5, 0.6) is 0 Å². The highest BCUT2D eigenvalue weighted by molar-refractivity contribution is 6.32. The zero-order valence-electron chi connectivity index (χ0n) is 3.68. The number of carbonyl (C=O) groups is 2. The Morgan fingerprint density at radius 3 is 2.25 bits per heavy atom. The Labute approximate surface area is 43.5 Å². The summed E-state index contributed by atoms with van der Waals surface area (Å²) in [5.41, 5.74) is 1.36. The van der Waals surface area contributed by atoms with Gasteiger partial charge in [-0.1, -0.05) is 0 Å². The van der Waals surface area contributed by atoms with Crippen LogP contribution in [0.15, 0.2) is 0 Å². The number of halogens is 1. The largest absolute Gasteiger partial charge is 0.437 e. The molecule has 0 fully saturated rings. The number of nitrogens with two attached hydrogens (primary N) is 1. The summed E-state index contributed by atoms with van der Waals surface area (Å²) in [4.78, 5) is 21.9. The molecule has 0 saturated carbocycles. The van der Waals surface area contributed by atoms with E-state index in [4.69, 9.17) is 0 Å². The summed E-state index contributed by atoms with van der Waals surface area (Å²) in [7, 11) is 0. The van der Waals surface area contributed by atoms with Crippen LogP contribution in [0.1, 0.15) is 0 Å². The zero-order chi connectivity index (χ0) is 6.57. The molecule has 0 atom stereocenters. The Bertz CT molecular complexity index is 99.9. The van der Waals surface area contributed by atoms with E-state index in [2.05, 4.69) is 10.8 Å². The molecule has 0 radical (unpaired) electrons. The first kappa shape index (κ1) is 6.83. The standard InChI is InChI=1S/C2H3FN2O3/c3-8-2(7)1(6)5-4/h4H2,(H,5,6). The minimum absolute atomic E-state index is 1.33. The number of amides is 1. The van der Waals surface area contributed by atoms with Crippen LogP contribution in [0.25, 0.3) is 0 Å². The monoisotopic (exact) mass is 122 g/mol. The van der Waals surface area contributed by atoms with Crippen LogP contribution >= 0.6 is 0 Å². The molecule has 0 spiro atoms. The quantitative estimate of drug-likeness (QED) is 0.175. The first-order chi connectivity index (χ1) is 3.72. The molecule has 0 aliphatic carbocycles. The first-order valence-corrected chi connectivity index (χ1v) is 1.56. The highest BCUT2D eigenvalue weighted by Gasteiger charge is 2.12. The molecule has 0 aliphatic rings. The van der Waals surface area contributed by atoms with Crippen LogP contribution in [0, 0.1) is 0 Å². The number of rotatable bonds is 0. The highest BCUT2D eigenvalue weighted by Crippen LogP contribution is 1.74. The Kier molecular flexibility index (Phi) is 2.49. The molecular formula is C2H3FN2O3. The first-order valence-electron chi connectivity index (χ1n) is 1.56. The predicted molar refractivity (Wildman–Crippen MR) is 19.5 cm³/mol. The van der Waals surface area contributed by atoms with E-state index >= 15 is 0 Å². The molecule has 0 aromatic carbocycles. The molecule has 0 saturated heterocycles. The normalized spacial score (nSPS) is 7.75. The van der Waals surface area contributed by atoms with Crippen molar-refractivity contribution in [2.75, 3.05) is 0 Å². The third kappa shape index (κ3) is 1.52. The summed E-state index contributed by atoms with van der Waals surface area (Å²) in [6.45, 7) is 0. The Balaban J connectivity index is 3.64. The molecule has 0 aromatic rings. The zero-order valence-corrected chi connectivity index (χ0v) is 3.68. The molecule has 0 bridgehead atoms. The van der Waals surface area contributed by atoms with Gasteiger partial charge in [0.2, 0.25) is 0 Å². The number of nitrogens with one attached hydrogen (secondary N) is 1. The molecule has 0 aliphatic heterocycles. The maximum Gasteiger partial charge on any atom is 0.437 e. The van der Waals surface area contributed by atoms with Crippen LogP contribution < -0.4 is 11.3 Å². The van der Waals surface area contributed by atoms with Gasteiger partial charge in [0.15, 0.2) is 0 Å². The molecule has 5 nitrogen and oxygen atoms in total. The summed E-state index contributed by atoms with van der Waals surface area (Å²) < 4.78 is 10.7. The van der Waals surface area contributed by atoms with Crippen molar-refractivity contribution in [3.8, 4) is 0 Å². The van der Waals surface area contributed by atoms with E-state index in [1.807, 2.05) is 0 Å². The lowest BCUT2D eigenvalue weighted by atomic mass is 10.7. The Morgan fingerprint density at radius 2 is 2.12 bits per heavy atom. The van der Waals surface area contributed by atoms with E-state index in [9.17, 15) is 14.1 Å². The molecule has 0 unspecified atom stereocenters. The number of carbonyl (C=O) groups excluding carboxylic acids is 2. The maximum atomic E-state index is 10.7. The molecular weight excluding hydrogens is 119 g/mol. The van der Waals surface area contributed by atoms with Gasteiger partial charge in [-0.25, -0.2) is 15.6 Å². The maximum absolute atomic E-state index is 10.7. The van der Waals surface area contributed by atoms with E-state index in [1.165, 1.54) is 5.43 Å². The SMILES string of the molecule is NNC(=O)C(=O)OF. The van der Waals surface area contributed by atoms with Gasteiger partial charge in [0.05, 0.1) is 0 Å².